The minimum atomic E-state index is -4.13. The van der Waals surface area contributed by atoms with Gasteiger partial charge in [-0.1, -0.05) is 42.5 Å². The molecule has 0 saturated carbocycles. The number of nitrogens with one attached hydrogen (secondary N) is 1. The molecule has 3 aromatic rings. The zero-order chi connectivity index (χ0) is 26.5. The molecule has 0 aromatic heterocycles. The Bertz CT molecular complexity index is 1350. The molecule has 3 aromatic carbocycles. The summed E-state index contributed by atoms with van der Waals surface area (Å²) in [5.41, 5.74) is 2.35. The average molecular weight is 512 g/mol. The van der Waals surface area contributed by atoms with Crippen molar-refractivity contribution in [2.45, 2.75) is 38.3 Å². The number of anilines is 1. The van der Waals surface area contributed by atoms with E-state index in [1.165, 1.54) is 49.2 Å². The number of carbonyl (C=O) groups is 2. The average Bonchev–Trinajstić information content (AvgIpc) is 2.87. The third-order valence-corrected chi connectivity index (χ3v) is 7.89. The van der Waals surface area contributed by atoms with Gasteiger partial charge < -0.3 is 10.2 Å². The number of nitrogens with zero attached hydrogens (tertiary/aromatic N) is 2. The van der Waals surface area contributed by atoms with Crippen LogP contribution in [0.4, 0.5) is 10.1 Å². The maximum atomic E-state index is 14.4. The Labute approximate surface area is 211 Å². The highest BCUT2D eigenvalue weighted by Gasteiger charge is 2.32. The molecule has 9 heteroatoms. The molecule has 0 unspecified atom stereocenters. The van der Waals surface area contributed by atoms with Crippen LogP contribution in [0.2, 0.25) is 0 Å². The zero-order valence-electron chi connectivity index (χ0n) is 20.7. The van der Waals surface area contributed by atoms with Crippen LogP contribution < -0.4 is 9.62 Å². The lowest BCUT2D eigenvalue weighted by atomic mass is 10.1. The van der Waals surface area contributed by atoms with Crippen molar-refractivity contribution in [3.63, 3.8) is 0 Å². The standard InChI is InChI=1S/C27H30FN3O4S/c1-19-14-15-23(16-20(19)2)31(36(34,35)24-11-6-5-7-12-24)18-26(32)30(21(3)27(33)29-4)17-22-10-8-9-13-25(22)28/h5-16,21H,17-18H2,1-4H3,(H,29,33)/t21-/m1/s1. The highest BCUT2D eigenvalue weighted by atomic mass is 32.2. The van der Waals surface area contributed by atoms with Gasteiger partial charge in [-0.25, -0.2) is 12.8 Å². The molecule has 0 aliphatic carbocycles. The van der Waals surface area contributed by atoms with Gasteiger partial charge in [-0.05, 0) is 62.2 Å². The normalized spacial score (nSPS) is 12.0. The van der Waals surface area contributed by atoms with Crippen LogP contribution in [0.15, 0.2) is 77.7 Å². The highest BCUT2D eigenvalue weighted by molar-refractivity contribution is 7.92. The second-order valence-electron chi connectivity index (χ2n) is 8.50. The van der Waals surface area contributed by atoms with E-state index in [1.807, 2.05) is 13.8 Å². The lowest BCUT2D eigenvalue weighted by molar-refractivity contribution is -0.139. The molecule has 1 N–H and O–H groups in total. The van der Waals surface area contributed by atoms with Crippen molar-refractivity contribution in [1.82, 2.24) is 10.2 Å². The van der Waals surface area contributed by atoms with Gasteiger partial charge in [0, 0.05) is 19.2 Å². The Morgan fingerprint density at radius 2 is 1.58 bits per heavy atom. The van der Waals surface area contributed by atoms with Crippen LogP contribution in [0.5, 0.6) is 0 Å². The van der Waals surface area contributed by atoms with Crippen molar-refractivity contribution < 1.29 is 22.4 Å². The van der Waals surface area contributed by atoms with Gasteiger partial charge >= 0.3 is 0 Å². The maximum Gasteiger partial charge on any atom is 0.264 e. The number of amides is 2. The molecule has 0 saturated heterocycles. The first-order valence-corrected chi connectivity index (χ1v) is 12.9. The van der Waals surface area contributed by atoms with Gasteiger partial charge in [-0.2, -0.15) is 0 Å². The quantitative estimate of drug-likeness (QED) is 0.474. The number of rotatable bonds is 9. The van der Waals surface area contributed by atoms with Gasteiger partial charge in [0.25, 0.3) is 10.0 Å². The molecule has 0 spiro atoms. The predicted octanol–water partition coefficient (Wildman–Crippen LogP) is 3.80. The van der Waals surface area contributed by atoms with Crippen molar-refractivity contribution in [2.24, 2.45) is 0 Å². The zero-order valence-corrected chi connectivity index (χ0v) is 21.5. The molecular formula is C27H30FN3O4S. The van der Waals surface area contributed by atoms with Crippen LogP contribution in [0.1, 0.15) is 23.6 Å². The molecule has 0 aliphatic heterocycles. The predicted molar refractivity (Wildman–Crippen MR) is 137 cm³/mol. The van der Waals surface area contributed by atoms with Crippen molar-refractivity contribution in [3.05, 3.63) is 95.3 Å². The smallest absolute Gasteiger partial charge is 0.264 e. The summed E-state index contributed by atoms with van der Waals surface area (Å²) >= 11 is 0. The van der Waals surface area contributed by atoms with Crippen LogP contribution in [0.25, 0.3) is 0 Å². The summed E-state index contributed by atoms with van der Waals surface area (Å²) in [6.07, 6.45) is 0. The van der Waals surface area contributed by atoms with Crippen LogP contribution in [-0.4, -0.2) is 44.8 Å². The van der Waals surface area contributed by atoms with Gasteiger partial charge in [0.05, 0.1) is 10.6 Å². The molecule has 3 rings (SSSR count). The minimum Gasteiger partial charge on any atom is -0.357 e. The molecule has 0 bridgehead atoms. The fourth-order valence-electron chi connectivity index (χ4n) is 3.73. The van der Waals surface area contributed by atoms with E-state index in [0.29, 0.717) is 5.69 Å². The molecule has 190 valence electrons. The number of hydrogen-bond acceptors (Lipinski definition) is 4. The van der Waals surface area contributed by atoms with Gasteiger partial charge in [0.1, 0.15) is 18.4 Å². The van der Waals surface area contributed by atoms with E-state index < -0.39 is 40.2 Å². The Morgan fingerprint density at radius 1 is 0.944 bits per heavy atom. The molecule has 36 heavy (non-hydrogen) atoms. The summed E-state index contributed by atoms with van der Waals surface area (Å²) in [5, 5.41) is 2.50. The van der Waals surface area contributed by atoms with Crippen molar-refractivity contribution in [1.29, 1.82) is 0 Å². The fraction of sp³-hybridized carbons (Fsp3) is 0.259. The third-order valence-electron chi connectivity index (χ3n) is 6.10. The van der Waals surface area contributed by atoms with Crippen LogP contribution in [-0.2, 0) is 26.2 Å². The molecule has 0 fully saturated rings. The highest BCUT2D eigenvalue weighted by Crippen LogP contribution is 2.26. The summed E-state index contributed by atoms with van der Waals surface area (Å²) in [6, 6.07) is 17.9. The van der Waals surface area contributed by atoms with Crippen LogP contribution in [0, 0.1) is 19.7 Å². The van der Waals surface area contributed by atoms with Crippen LogP contribution >= 0.6 is 0 Å². The van der Waals surface area contributed by atoms with Crippen molar-refractivity contribution in [2.75, 3.05) is 17.9 Å². The van der Waals surface area contributed by atoms with Gasteiger partial charge in [-0.3, -0.25) is 13.9 Å². The first-order chi connectivity index (χ1) is 17.1. The van der Waals surface area contributed by atoms with Crippen molar-refractivity contribution in [3.8, 4) is 0 Å². The fourth-order valence-corrected chi connectivity index (χ4v) is 5.16. The monoisotopic (exact) mass is 511 g/mol. The molecule has 0 heterocycles. The van der Waals surface area contributed by atoms with E-state index >= 15 is 0 Å². The van der Waals surface area contributed by atoms with E-state index in [9.17, 15) is 22.4 Å². The number of hydrogen-bond donors (Lipinski definition) is 1. The maximum absolute atomic E-state index is 14.4. The molecule has 0 aliphatic rings. The Hall–Kier alpha value is -3.72. The number of sulfonamides is 1. The second-order valence-corrected chi connectivity index (χ2v) is 10.4. The largest absolute Gasteiger partial charge is 0.357 e. The summed E-state index contributed by atoms with van der Waals surface area (Å²) in [7, 11) is -2.70. The van der Waals surface area contributed by atoms with E-state index in [0.717, 1.165) is 15.4 Å². The van der Waals surface area contributed by atoms with Crippen molar-refractivity contribution >= 4 is 27.5 Å². The SMILES string of the molecule is CNC(=O)[C@@H](C)N(Cc1ccccc1F)C(=O)CN(c1ccc(C)c(C)c1)S(=O)(=O)c1ccccc1. The van der Waals surface area contributed by atoms with E-state index in [-0.39, 0.29) is 17.0 Å². The first kappa shape index (κ1) is 26.9. The van der Waals surface area contributed by atoms with E-state index in [2.05, 4.69) is 5.32 Å². The van der Waals surface area contributed by atoms with E-state index in [1.54, 1.807) is 42.5 Å². The lowest BCUT2D eigenvalue weighted by Crippen LogP contribution is -2.50. The Kier molecular flexibility index (Phi) is 8.47. The molecule has 2 amide bonds. The number of benzene rings is 3. The summed E-state index contributed by atoms with van der Waals surface area (Å²) in [6.45, 7) is 4.50. The second kappa shape index (κ2) is 11.3. The summed E-state index contributed by atoms with van der Waals surface area (Å²) in [5.74, 6) is -1.63. The van der Waals surface area contributed by atoms with Crippen LogP contribution in [0.3, 0.4) is 0 Å². The third kappa shape index (κ3) is 5.91. The first-order valence-electron chi connectivity index (χ1n) is 11.5. The van der Waals surface area contributed by atoms with Gasteiger partial charge in [0.15, 0.2) is 0 Å². The topological polar surface area (TPSA) is 86.8 Å². The number of likely N-dealkylation sites (N-methyl/N-ethyl adjacent to an activating group) is 1. The number of carbonyl (C=O) groups excluding carboxylic acids is 2. The van der Waals surface area contributed by atoms with Gasteiger partial charge in [-0.15, -0.1) is 0 Å². The Balaban J connectivity index is 2.06. The minimum absolute atomic E-state index is 0.0241. The molecule has 7 nitrogen and oxygen atoms in total. The summed E-state index contributed by atoms with van der Waals surface area (Å²) in [4.78, 5) is 27.3. The van der Waals surface area contributed by atoms with Gasteiger partial charge in [0.2, 0.25) is 11.8 Å². The molecule has 0 radical (unpaired) electrons. The number of aryl methyl sites for hydroxylation is 2. The molecular weight excluding hydrogens is 481 g/mol. The summed E-state index contributed by atoms with van der Waals surface area (Å²) < 4.78 is 42.8. The van der Waals surface area contributed by atoms with E-state index in [4.69, 9.17) is 0 Å². The molecule has 1 atom stereocenters. The lowest BCUT2D eigenvalue weighted by Gasteiger charge is -2.32. The number of halogens is 1. The Morgan fingerprint density at radius 3 is 2.19 bits per heavy atom.